The van der Waals surface area contributed by atoms with E-state index in [0.29, 0.717) is 19.6 Å². The van der Waals surface area contributed by atoms with Crippen LogP contribution in [0.1, 0.15) is 24.0 Å². The number of ether oxygens (including phenoxy) is 2. The van der Waals surface area contributed by atoms with E-state index >= 15 is 0 Å². The van der Waals surface area contributed by atoms with E-state index in [1.807, 2.05) is 48.6 Å². The fourth-order valence-corrected chi connectivity index (χ4v) is 4.26. The third kappa shape index (κ3) is 3.68. The number of carbonyl (C=O) groups excluding carboxylic acids is 1. The van der Waals surface area contributed by atoms with Gasteiger partial charge in [0.2, 0.25) is 0 Å². The molecule has 0 bridgehead atoms. The van der Waals surface area contributed by atoms with Gasteiger partial charge in [-0.25, -0.2) is 0 Å². The van der Waals surface area contributed by atoms with Crippen molar-refractivity contribution in [3.05, 3.63) is 84.0 Å². The third-order valence-electron chi connectivity index (χ3n) is 5.58. The lowest BCUT2D eigenvalue weighted by Gasteiger charge is -2.24. The van der Waals surface area contributed by atoms with Crippen LogP contribution in [0.15, 0.2) is 72.8 Å². The third-order valence-corrected chi connectivity index (χ3v) is 5.58. The predicted molar refractivity (Wildman–Crippen MR) is 106 cm³/mol. The minimum absolute atomic E-state index is 0.0664. The zero-order valence-corrected chi connectivity index (χ0v) is 15.4. The molecule has 2 fully saturated rings. The Morgan fingerprint density at radius 3 is 2.89 bits per heavy atom. The first kappa shape index (κ1) is 17.6. The van der Waals surface area contributed by atoms with Gasteiger partial charge >= 0.3 is 5.97 Å². The molecule has 0 spiro atoms. The molecule has 0 radical (unpaired) electrons. The summed E-state index contributed by atoms with van der Waals surface area (Å²) in [6.45, 7) is 5.14. The summed E-state index contributed by atoms with van der Waals surface area (Å²) in [5, 5.41) is 0. The lowest BCUT2D eigenvalue weighted by molar-refractivity contribution is -0.146. The summed E-state index contributed by atoms with van der Waals surface area (Å²) in [6.07, 6.45) is 6.37. The number of cyclic esters (lactones) is 1. The second kappa shape index (κ2) is 7.43. The molecule has 1 aliphatic carbocycles. The normalized spacial score (nSPS) is 24.2. The molecule has 3 nitrogen and oxygen atoms in total. The molecule has 2 aromatic rings. The minimum Gasteiger partial charge on any atom is -0.490 e. The number of rotatable bonds is 6. The van der Waals surface area contributed by atoms with Gasteiger partial charge in [-0.15, -0.1) is 0 Å². The maximum absolute atomic E-state index is 12.5. The number of allylic oxidation sites excluding steroid dienone is 1. The highest BCUT2D eigenvalue weighted by molar-refractivity contribution is 5.81. The summed E-state index contributed by atoms with van der Waals surface area (Å²) in [7, 11) is 0. The van der Waals surface area contributed by atoms with Crippen LogP contribution in [0, 0.1) is 11.3 Å². The fraction of sp³-hybridized carbons (Fsp3) is 0.292. The summed E-state index contributed by atoms with van der Waals surface area (Å²) in [5.41, 5.74) is 3.00. The van der Waals surface area contributed by atoms with Crippen LogP contribution in [0.3, 0.4) is 0 Å². The van der Waals surface area contributed by atoms with Crippen LogP contribution in [0.25, 0.3) is 6.08 Å². The molecule has 2 unspecified atom stereocenters. The van der Waals surface area contributed by atoms with Gasteiger partial charge < -0.3 is 9.47 Å². The summed E-state index contributed by atoms with van der Waals surface area (Å²) >= 11 is 0. The molecule has 4 rings (SSSR count). The Bertz CT molecular complexity index is 868. The highest BCUT2D eigenvalue weighted by atomic mass is 16.5. The summed E-state index contributed by atoms with van der Waals surface area (Å²) in [4.78, 5) is 12.5. The molecule has 2 aromatic carbocycles. The average molecular weight is 360 g/mol. The van der Waals surface area contributed by atoms with Gasteiger partial charge in [-0.1, -0.05) is 60.7 Å². The van der Waals surface area contributed by atoms with Crippen LogP contribution in [-0.4, -0.2) is 19.2 Å². The minimum atomic E-state index is -0.428. The highest BCUT2D eigenvalue weighted by Gasteiger charge is 2.55. The maximum atomic E-state index is 12.5. The molecule has 0 N–H and O–H groups in total. The SMILES string of the molecule is C=C1CC2COC(=O)C2(Cc2cccc(OC/C=C/c3ccccc3)c2)C1. The highest BCUT2D eigenvalue weighted by Crippen LogP contribution is 2.52. The Kier molecular flexibility index (Phi) is 4.85. The van der Waals surface area contributed by atoms with E-state index in [4.69, 9.17) is 9.47 Å². The molecule has 1 heterocycles. The maximum Gasteiger partial charge on any atom is 0.313 e. The van der Waals surface area contributed by atoms with E-state index in [0.717, 1.165) is 35.3 Å². The number of esters is 1. The fourth-order valence-electron chi connectivity index (χ4n) is 4.26. The van der Waals surface area contributed by atoms with Gasteiger partial charge in [0.05, 0.1) is 12.0 Å². The van der Waals surface area contributed by atoms with E-state index in [9.17, 15) is 4.79 Å². The summed E-state index contributed by atoms with van der Waals surface area (Å²) in [6, 6.07) is 18.2. The van der Waals surface area contributed by atoms with Crippen molar-refractivity contribution in [2.75, 3.05) is 13.2 Å². The van der Waals surface area contributed by atoms with E-state index < -0.39 is 5.41 Å². The Labute approximate surface area is 160 Å². The van der Waals surface area contributed by atoms with E-state index in [1.165, 1.54) is 0 Å². The zero-order valence-electron chi connectivity index (χ0n) is 15.4. The second-order valence-electron chi connectivity index (χ2n) is 7.53. The first-order valence-corrected chi connectivity index (χ1v) is 9.43. The zero-order chi connectivity index (χ0) is 18.7. The molecule has 138 valence electrons. The molecule has 2 aliphatic rings. The predicted octanol–water partition coefficient (Wildman–Crippen LogP) is 4.83. The van der Waals surface area contributed by atoms with Crippen LogP contribution >= 0.6 is 0 Å². The van der Waals surface area contributed by atoms with E-state index in [1.54, 1.807) is 0 Å². The van der Waals surface area contributed by atoms with Crippen molar-refractivity contribution >= 4 is 12.0 Å². The Morgan fingerprint density at radius 2 is 2.04 bits per heavy atom. The molecule has 27 heavy (non-hydrogen) atoms. The molecule has 1 saturated heterocycles. The van der Waals surface area contributed by atoms with Crippen LogP contribution in [0.2, 0.25) is 0 Å². The number of hydrogen-bond donors (Lipinski definition) is 0. The van der Waals surface area contributed by atoms with Crippen molar-refractivity contribution in [2.45, 2.75) is 19.3 Å². The lowest BCUT2D eigenvalue weighted by Crippen LogP contribution is -2.31. The molecule has 3 heteroatoms. The lowest BCUT2D eigenvalue weighted by atomic mass is 9.75. The van der Waals surface area contributed by atoms with Crippen molar-refractivity contribution in [1.82, 2.24) is 0 Å². The number of fused-ring (bicyclic) bond motifs is 1. The second-order valence-corrected chi connectivity index (χ2v) is 7.53. The van der Waals surface area contributed by atoms with Crippen molar-refractivity contribution < 1.29 is 14.3 Å². The smallest absolute Gasteiger partial charge is 0.313 e. The van der Waals surface area contributed by atoms with Crippen LogP contribution < -0.4 is 4.74 Å². The molecule has 1 saturated carbocycles. The molecule has 2 atom stereocenters. The van der Waals surface area contributed by atoms with Crippen molar-refractivity contribution in [1.29, 1.82) is 0 Å². The first-order valence-electron chi connectivity index (χ1n) is 9.43. The molecule has 0 amide bonds. The van der Waals surface area contributed by atoms with Crippen molar-refractivity contribution in [2.24, 2.45) is 11.3 Å². The Balaban J connectivity index is 1.41. The van der Waals surface area contributed by atoms with Gasteiger partial charge in [0, 0.05) is 5.92 Å². The van der Waals surface area contributed by atoms with Gasteiger partial charge in [0.1, 0.15) is 12.4 Å². The van der Waals surface area contributed by atoms with Crippen molar-refractivity contribution in [3.8, 4) is 5.75 Å². The monoisotopic (exact) mass is 360 g/mol. The Morgan fingerprint density at radius 1 is 1.19 bits per heavy atom. The number of carbonyl (C=O) groups is 1. The van der Waals surface area contributed by atoms with Gasteiger partial charge in [0.25, 0.3) is 0 Å². The average Bonchev–Trinajstić information content (AvgIpc) is 3.14. The summed E-state index contributed by atoms with van der Waals surface area (Å²) in [5.74, 6) is 1.01. The molecular weight excluding hydrogens is 336 g/mol. The standard InChI is InChI=1S/C24H24O3/c1-18-13-21-17-27-23(25)24(21,15-18)16-20-9-5-11-22(14-20)26-12-6-10-19-7-3-2-4-8-19/h2-11,14,21H,1,12-13,15-17H2/b10-6+. The summed E-state index contributed by atoms with van der Waals surface area (Å²) < 4.78 is 11.2. The van der Waals surface area contributed by atoms with Crippen LogP contribution in [-0.2, 0) is 16.0 Å². The van der Waals surface area contributed by atoms with Gasteiger partial charge in [-0.3, -0.25) is 4.79 Å². The van der Waals surface area contributed by atoms with Crippen LogP contribution in [0.5, 0.6) is 5.75 Å². The molecule has 1 aliphatic heterocycles. The molecular formula is C24H24O3. The van der Waals surface area contributed by atoms with Gasteiger partial charge in [-0.05, 0) is 48.6 Å². The van der Waals surface area contributed by atoms with E-state index in [-0.39, 0.29) is 11.9 Å². The van der Waals surface area contributed by atoms with Gasteiger partial charge in [-0.2, -0.15) is 0 Å². The van der Waals surface area contributed by atoms with Crippen molar-refractivity contribution in [3.63, 3.8) is 0 Å². The largest absolute Gasteiger partial charge is 0.490 e. The van der Waals surface area contributed by atoms with Gasteiger partial charge in [0.15, 0.2) is 0 Å². The number of benzene rings is 2. The topological polar surface area (TPSA) is 35.5 Å². The van der Waals surface area contributed by atoms with E-state index in [2.05, 4.69) is 24.8 Å². The number of hydrogen-bond acceptors (Lipinski definition) is 3. The Hall–Kier alpha value is -2.81. The van der Waals surface area contributed by atoms with Crippen LogP contribution in [0.4, 0.5) is 0 Å². The first-order chi connectivity index (χ1) is 13.2. The quantitative estimate of drug-likeness (QED) is 0.547. The molecule has 0 aromatic heterocycles.